The second kappa shape index (κ2) is 5.48. The van der Waals surface area contributed by atoms with Gasteiger partial charge in [0.1, 0.15) is 11.9 Å². The first-order valence-electron chi connectivity index (χ1n) is 5.26. The zero-order chi connectivity index (χ0) is 12.9. The molecular weight excluding hydrogens is 220 g/mol. The standard InChI is InChI=1S/C11H16N4O2/c1-2-11(6-16,7-17)15-10-9(13)3-8(4-12)5-14-10/h3,5,16-17H,2,6-7,13H2,1H3,(H,14,15). The van der Waals surface area contributed by atoms with Crippen molar-refractivity contribution >= 4 is 11.5 Å². The highest BCUT2D eigenvalue weighted by Crippen LogP contribution is 2.22. The Balaban J connectivity index is 2.99. The molecule has 0 aliphatic rings. The number of pyridine rings is 1. The first-order chi connectivity index (χ1) is 8.10. The highest BCUT2D eigenvalue weighted by atomic mass is 16.3. The fourth-order valence-electron chi connectivity index (χ4n) is 1.34. The topological polar surface area (TPSA) is 115 Å². The Morgan fingerprint density at radius 1 is 1.53 bits per heavy atom. The maximum absolute atomic E-state index is 9.29. The molecule has 1 rings (SSSR count). The lowest BCUT2D eigenvalue weighted by atomic mass is 9.98. The van der Waals surface area contributed by atoms with Crippen LogP contribution in [-0.4, -0.2) is 33.9 Å². The predicted molar refractivity (Wildman–Crippen MR) is 64.2 cm³/mol. The zero-order valence-electron chi connectivity index (χ0n) is 9.64. The summed E-state index contributed by atoms with van der Waals surface area (Å²) < 4.78 is 0. The molecule has 1 aromatic rings. The Bertz CT molecular complexity index is 416. The van der Waals surface area contributed by atoms with Crippen molar-refractivity contribution in [1.82, 2.24) is 4.98 Å². The van der Waals surface area contributed by atoms with Gasteiger partial charge in [-0.15, -0.1) is 0 Å². The molecule has 0 aliphatic carbocycles. The van der Waals surface area contributed by atoms with E-state index in [0.717, 1.165) is 0 Å². The Kier molecular flexibility index (Phi) is 4.26. The molecule has 0 radical (unpaired) electrons. The third-order valence-electron chi connectivity index (χ3n) is 2.71. The lowest BCUT2D eigenvalue weighted by Crippen LogP contribution is -2.45. The average Bonchev–Trinajstić information content (AvgIpc) is 2.38. The largest absolute Gasteiger partial charge is 0.396 e. The van der Waals surface area contributed by atoms with Gasteiger partial charge in [-0.25, -0.2) is 4.98 Å². The Morgan fingerprint density at radius 2 is 2.18 bits per heavy atom. The number of nitrogens with zero attached hydrogens (tertiary/aromatic N) is 2. The summed E-state index contributed by atoms with van der Waals surface area (Å²) in [6.07, 6.45) is 1.90. The maximum Gasteiger partial charge on any atom is 0.149 e. The number of nitrogens with two attached hydrogens (primary N) is 1. The molecule has 0 unspecified atom stereocenters. The second-order valence-electron chi connectivity index (χ2n) is 3.85. The molecule has 0 amide bonds. The van der Waals surface area contributed by atoms with Crippen molar-refractivity contribution in [2.45, 2.75) is 18.9 Å². The monoisotopic (exact) mass is 236 g/mol. The van der Waals surface area contributed by atoms with Crippen molar-refractivity contribution in [3.05, 3.63) is 17.8 Å². The van der Waals surface area contributed by atoms with Crippen LogP contribution in [0.15, 0.2) is 12.3 Å². The molecule has 6 heteroatoms. The van der Waals surface area contributed by atoms with E-state index in [1.165, 1.54) is 12.3 Å². The van der Waals surface area contributed by atoms with Crippen LogP contribution in [0.5, 0.6) is 0 Å². The van der Waals surface area contributed by atoms with Crippen LogP contribution >= 0.6 is 0 Å². The summed E-state index contributed by atoms with van der Waals surface area (Å²) in [6, 6.07) is 3.42. The van der Waals surface area contributed by atoms with E-state index in [1.807, 2.05) is 13.0 Å². The van der Waals surface area contributed by atoms with Crippen LogP contribution in [0, 0.1) is 11.3 Å². The molecule has 6 nitrogen and oxygen atoms in total. The molecule has 0 fully saturated rings. The quantitative estimate of drug-likeness (QED) is 0.575. The Hall–Kier alpha value is -1.84. The molecule has 0 saturated heterocycles. The van der Waals surface area contributed by atoms with Gasteiger partial charge in [-0.2, -0.15) is 5.26 Å². The van der Waals surface area contributed by atoms with Gasteiger partial charge in [0.05, 0.1) is 30.0 Å². The van der Waals surface area contributed by atoms with Crippen molar-refractivity contribution in [2.24, 2.45) is 0 Å². The van der Waals surface area contributed by atoms with E-state index in [1.54, 1.807) is 0 Å². The smallest absolute Gasteiger partial charge is 0.149 e. The number of nitrogen functional groups attached to an aromatic ring is 1. The summed E-state index contributed by atoms with van der Waals surface area (Å²) in [7, 11) is 0. The van der Waals surface area contributed by atoms with E-state index in [2.05, 4.69) is 10.3 Å². The molecule has 0 saturated carbocycles. The highest BCUT2D eigenvalue weighted by molar-refractivity contribution is 5.64. The van der Waals surface area contributed by atoms with Crippen molar-refractivity contribution in [2.75, 3.05) is 24.3 Å². The summed E-state index contributed by atoms with van der Waals surface area (Å²) in [5, 5.41) is 30.2. The lowest BCUT2D eigenvalue weighted by molar-refractivity contribution is 0.132. The van der Waals surface area contributed by atoms with Crippen LogP contribution in [0.25, 0.3) is 0 Å². The van der Waals surface area contributed by atoms with Gasteiger partial charge in [0.25, 0.3) is 0 Å². The molecule has 5 N–H and O–H groups in total. The first-order valence-corrected chi connectivity index (χ1v) is 5.26. The SMILES string of the molecule is CCC(CO)(CO)Nc1ncc(C#N)cc1N. The number of nitrogens with one attached hydrogen (secondary N) is 1. The highest BCUT2D eigenvalue weighted by Gasteiger charge is 2.27. The van der Waals surface area contributed by atoms with Crippen molar-refractivity contribution < 1.29 is 10.2 Å². The molecule has 0 atom stereocenters. The fourth-order valence-corrected chi connectivity index (χ4v) is 1.34. The van der Waals surface area contributed by atoms with Gasteiger partial charge in [0.2, 0.25) is 0 Å². The number of rotatable bonds is 5. The van der Waals surface area contributed by atoms with Gasteiger partial charge < -0.3 is 21.3 Å². The van der Waals surface area contributed by atoms with Gasteiger partial charge in [0, 0.05) is 6.20 Å². The summed E-state index contributed by atoms with van der Waals surface area (Å²) in [5.41, 5.74) is 5.55. The fraction of sp³-hybridized carbons (Fsp3) is 0.455. The summed E-state index contributed by atoms with van der Waals surface area (Å²) in [4.78, 5) is 4.00. The number of anilines is 2. The first kappa shape index (κ1) is 13.2. The van der Waals surface area contributed by atoms with Crippen LogP contribution < -0.4 is 11.1 Å². The molecular formula is C11H16N4O2. The minimum Gasteiger partial charge on any atom is -0.396 e. The zero-order valence-corrected chi connectivity index (χ0v) is 9.64. The number of hydrogen-bond donors (Lipinski definition) is 4. The molecule has 1 heterocycles. The molecule has 0 aliphatic heterocycles. The van der Waals surface area contributed by atoms with Crippen molar-refractivity contribution in [1.29, 1.82) is 5.26 Å². The number of aliphatic hydroxyl groups is 2. The molecule has 92 valence electrons. The van der Waals surface area contributed by atoms with Crippen molar-refractivity contribution in [3.8, 4) is 6.07 Å². The van der Waals surface area contributed by atoms with Crippen LogP contribution in [0.3, 0.4) is 0 Å². The normalized spacial score (nSPS) is 10.9. The van der Waals surface area contributed by atoms with Crippen LogP contribution in [-0.2, 0) is 0 Å². The van der Waals surface area contributed by atoms with Gasteiger partial charge in [0.15, 0.2) is 0 Å². The number of nitriles is 1. The second-order valence-corrected chi connectivity index (χ2v) is 3.85. The van der Waals surface area contributed by atoms with Crippen LogP contribution in [0.2, 0.25) is 0 Å². The van der Waals surface area contributed by atoms with Gasteiger partial charge in [-0.1, -0.05) is 6.92 Å². The van der Waals surface area contributed by atoms with Gasteiger partial charge in [-0.3, -0.25) is 0 Å². The third kappa shape index (κ3) is 2.84. The van der Waals surface area contributed by atoms with E-state index in [9.17, 15) is 10.2 Å². The molecule has 0 spiro atoms. The summed E-state index contributed by atoms with van der Waals surface area (Å²) >= 11 is 0. The predicted octanol–water partition coefficient (Wildman–Crippen LogP) is 0.0808. The van der Waals surface area contributed by atoms with E-state index in [-0.39, 0.29) is 13.2 Å². The third-order valence-corrected chi connectivity index (χ3v) is 2.71. The number of hydrogen-bond acceptors (Lipinski definition) is 6. The average molecular weight is 236 g/mol. The summed E-state index contributed by atoms with van der Waals surface area (Å²) in [5.74, 6) is 0.356. The minimum absolute atomic E-state index is 0.235. The lowest BCUT2D eigenvalue weighted by Gasteiger charge is -2.30. The molecule has 1 aromatic heterocycles. The van der Waals surface area contributed by atoms with E-state index in [0.29, 0.717) is 23.5 Å². The van der Waals surface area contributed by atoms with E-state index < -0.39 is 5.54 Å². The molecule has 0 bridgehead atoms. The van der Waals surface area contributed by atoms with E-state index in [4.69, 9.17) is 11.0 Å². The van der Waals surface area contributed by atoms with Crippen LogP contribution in [0.4, 0.5) is 11.5 Å². The van der Waals surface area contributed by atoms with Gasteiger partial charge in [-0.05, 0) is 12.5 Å². The van der Waals surface area contributed by atoms with Crippen LogP contribution in [0.1, 0.15) is 18.9 Å². The van der Waals surface area contributed by atoms with E-state index >= 15 is 0 Å². The Morgan fingerprint density at radius 3 is 2.59 bits per heavy atom. The molecule has 17 heavy (non-hydrogen) atoms. The summed E-state index contributed by atoms with van der Waals surface area (Å²) in [6.45, 7) is 1.36. The minimum atomic E-state index is -0.852. The Labute approximate surface area is 99.7 Å². The van der Waals surface area contributed by atoms with Crippen molar-refractivity contribution in [3.63, 3.8) is 0 Å². The maximum atomic E-state index is 9.29. The number of aromatic nitrogens is 1. The molecule has 0 aromatic carbocycles. The number of aliphatic hydroxyl groups excluding tert-OH is 2. The van der Waals surface area contributed by atoms with Gasteiger partial charge >= 0.3 is 0 Å².